The van der Waals surface area contributed by atoms with E-state index in [1.54, 1.807) is 0 Å². The lowest BCUT2D eigenvalue weighted by Crippen LogP contribution is -2.31. The molecule has 0 aromatic heterocycles. The van der Waals surface area contributed by atoms with Crippen LogP contribution in [0.5, 0.6) is 0 Å². The largest absolute Gasteiger partial charge is 0.352 e. The van der Waals surface area contributed by atoms with Gasteiger partial charge in [0.15, 0.2) is 0 Å². The highest BCUT2D eigenvalue weighted by molar-refractivity contribution is 6.20. The van der Waals surface area contributed by atoms with Gasteiger partial charge in [0.2, 0.25) is 0 Å². The number of rotatable bonds is 4. The zero-order valence-corrected chi connectivity index (χ0v) is 10.9. The van der Waals surface area contributed by atoms with E-state index in [0.717, 1.165) is 48.9 Å². The van der Waals surface area contributed by atoms with Gasteiger partial charge in [-0.05, 0) is 30.0 Å². The summed E-state index contributed by atoms with van der Waals surface area (Å²) in [7, 11) is 0. The fourth-order valence-electron chi connectivity index (χ4n) is 2.17. The van der Waals surface area contributed by atoms with Crippen LogP contribution in [0.15, 0.2) is 18.2 Å². The number of alkyl halides is 1. The van der Waals surface area contributed by atoms with Crippen molar-refractivity contribution in [2.45, 2.75) is 38.0 Å². The number of unbranched alkanes of at least 4 members (excludes halogenated alkanes) is 1. The van der Waals surface area contributed by atoms with E-state index in [0.29, 0.717) is 0 Å². The van der Waals surface area contributed by atoms with Crippen LogP contribution in [0.3, 0.4) is 0 Å². The highest BCUT2D eigenvalue weighted by atomic mass is 35.5. The normalized spacial score (nSPS) is 16.2. The summed E-state index contributed by atoms with van der Waals surface area (Å²) in [6.45, 7) is 2.90. The van der Waals surface area contributed by atoms with Gasteiger partial charge in [-0.25, -0.2) is 0 Å². The van der Waals surface area contributed by atoms with Gasteiger partial charge >= 0.3 is 0 Å². The van der Waals surface area contributed by atoms with Crippen LogP contribution in [0.4, 0.5) is 0 Å². The van der Waals surface area contributed by atoms with Gasteiger partial charge in [-0.15, -0.1) is 11.6 Å². The predicted molar refractivity (Wildman–Crippen MR) is 70.6 cm³/mol. The maximum Gasteiger partial charge on any atom is 0.251 e. The van der Waals surface area contributed by atoms with Crippen LogP contribution < -0.4 is 5.32 Å². The van der Waals surface area contributed by atoms with Crippen LogP contribution in [-0.4, -0.2) is 12.5 Å². The molecule has 0 aliphatic carbocycles. The lowest BCUT2D eigenvalue weighted by molar-refractivity contribution is 0.0946. The first-order valence-electron chi connectivity index (χ1n) is 6.27. The molecule has 0 spiro atoms. The van der Waals surface area contributed by atoms with E-state index in [2.05, 4.69) is 18.3 Å². The molecule has 0 bridgehead atoms. The van der Waals surface area contributed by atoms with E-state index >= 15 is 0 Å². The van der Waals surface area contributed by atoms with E-state index in [4.69, 9.17) is 11.6 Å². The standard InChI is InChI=1S/C14H18ClNO/c1-2-3-4-13(15)11-6-5-10-7-8-16-14(17)12(10)9-11/h5-6,9,13H,2-4,7-8H2,1H3,(H,16,17). The molecule has 3 heteroatoms. The third kappa shape index (κ3) is 2.81. The summed E-state index contributed by atoms with van der Waals surface area (Å²) in [5.41, 5.74) is 3.00. The number of amides is 1. The van der Waals surface area contributed by atoms with Gasteiger partial charge in [0, 0.05) is 12.1 Å². The Morgan fingerprint density at radius 1 is 1.47 bits per heavy atom. The first-order valence-corrected chi connectivity index (χ1v) is 6.71. The molecule has 1 atom stereocenters. The molecule has 2 rings (SSSR count). The van der Waals surface area contributed by atoms with E-state index in [-0.39, 0.29) is 11.3 Å². The molecule has 1 aliphatic heterocycles. The molecule has 1 heterocycles. The number of fused-ring (bicyclic) bond motifs is 1. The first kappa shape index (κ1) is 12.4. The third-order valence-electron chi connectivity index (χ3n) is 3.23. The Balaban J connectivity index is 2.20. The Morgan fingerprint density at radius 3 is 3.06 bits per heavy atom. The van der Waals surface area contributed by atoms with Crippen LogP contribution in [0.25, 0.3) is 0 Å². The number of carbonyl (C=O) groups is 1. The van der Waals surface area contributed by atoms with E-state index in [1.165, 1.54) is 0 Å². The second-order valence-electron chi connectivity index (χ2n) is 4.53. The highest BCUT2D eigenvalue weighted by Crippen LogP contribution is 2.28. The smallest absolute Gasteiger partial charge is 0.251 e. The second-order valence-corrected chi connectivity index (χ2v) is 5.06. The fraction of sp³-hybridized carbons (Fsp3) is 0.500. The van der Waals surface area contributed by atoms with Crippen molar-refractivity contribution in [1.82, 2.24) is 5.32 Å². The maximum atomic E-state index is 11.7. The topological polar surface area (TPSA) is 29.1 Å². The van der Waals surface area contributed by atoms with Gasteiger partial charge < -0.3 is 5.32 Å². The minimum absolute atomic E-state index is 0.0231. The predicted octanol–water partition coefficient (Wildman–Crippen LogP) is 3.44. The Morgan fingerprint density at radius 2 is 2.29 bits per heavy atom. The van der Waals surface area contributed by atoms with Gasteiger partial charge in [0.05, 0.1) is 5.38 Å². The van der Waals surface area contributed by atoms with E-state index in [1.807, 2.05) is 12.1 Å². The molecule has 17 heavy (non-hydrogen) atoms. The Hall–Kier alpha value is -1.02. The van der Waals surface area contributed by atoms with Crippen LogP contribution >= 0.6 is 11.6 Å². The molecule has 0 saturated carbocycles. The third-order valence-corrected chi connectivity index (χ3v) is 3.70. The average molecular weight is 252 g/mol. The SMILES string of the molecule is CCCCC(Cl)c1ccc2c(c1)C(=O)NCC2. The lowest BCUT2D eigenvalue weighted by atomic mass is 9.96. The molecule has 0 fully saturated rings. The number of hydrogen-bond acceptors (Lipinski definition) is 1. The van der Waals surface area contributed by atoms with Crippen LogP contribution in [0.1, 0.15) is 53.0 Å². The van der Waals surface area contributed by atoms with Gasteiger partial charge in [0.1, 0.15) is 0 Å². The second kappa shape index (κ2) is 5.54. The fourth-order valence-corrected chi connectivity index (χ4v) is 2.46. The summed E-state index contributed by atoms with van der Waals surface area (Å²) in [6, 6.07) is 6.06. The zero-order chi connectivity index (χ0) is 12.3. The quantitative estimate of drug-likeness (QED) is 0.816. The summed E-state index contributed by atoms with van der Waals surface area (Å²) in [5.74, 6) is 0.0347. The molecular weight excluding hydrogens is 234 g/mol. The highest BCUT2D eigenvalue weighted by Gasteiger charge is 2.18. The molecule has 1 amide bonds. The van der Waals surface area contributed by atoms with Crippen LogP contribution in [-0.2, 0) is 6.42 Å². The number of nitrogens with one attached hydrogen (secondary N) is 1. The minimum Gasteiger partial charge on any atom is -0.352 e. The summed E-state index contributed by atoms with van der Waals surface area (Å²) in [6.07, 6.45) is 4.16. The molecule has 1 unspecified atom stereocenters. The van der Waals surface area contributed by atoms with Crippen molar-refractivity contribution in [1.29, 1.82) is 0 Å². The van der Waals surface area contributed by atoms with Gasteiger partial charge in [-0.1, -0.05) is 31.9 Å². The molecule has 2 nitrogen and oxygen atoms in total. The van der Waals surface area contributed by atoms with Crippen molar-refractivity contribution < 1.29 is 4.79 Å². The van der Waals surface area contributed by atoms with Crippen molar-refractivity contribution in [3.8, 4) is 0 Å². The summed E-state index contributed by atoms with van der Waals surface area (Å²) in [5, 5.41) is 2.89. The van der Waals surface area contributed by atoms with Gasteiger partial charge in [-0.2, -0.15) is 0 Å². The molecule has 1 aromatic rings. The summed E-state index contributed by atoms with van der Waals surface area (Å²) < 4.78 is 0. The Kier molecular flexibility index (Phi) is 4.06. The molecule has 1 aliphatic rings. The lowest BCUT2D eigenvalue weighted by Gasteiger charge is -2.18. The zero-order valence-electron chi connectivity index (χ0n) is 10.1. The van der Waals surface area contributed by atoms with Crippen molar-refractivity contribution in [3.05, 3.63) is 34.9 Å². The number of benzene rings is 1. The number of halogens is 1. The summed E-state index contributed by atoms with van der Waals surface area (Å²) in [4.78, 5) is 11.7. The molecule has 0 radical (unpaired) electrons. The summed E-state index contributed by atoms with van der Waals surface area (Å²) >= 11 is 6.34. The molecule has 0 saturated heterocycles. The maximum absolute atomic E-state index is 11.7. The van der Waals surface area contributed by atoms with Crippen molar-refractivity contribution in [2.24, 2.45) is 0 Å². The Labute approximate surface area is 107 Å². The van der Waals surface area contributed by atoms with E-state index in [9.17, 15) is 4.79 Å². The molecule has 1 aromatic carbocycles. The first-order chi connectivity index (χ1) is 8.22. The average Bonchev–Trinajstić information content (AvgIpc) is 2.36. The molecule has 1 N–H and O–H groups in total. The monoisotopic (exact) mass is 251 g/mol. The van der Waals surface area contributed by atoms with E-state index < -0.39 is 0 Å². The van der Waals surface area contributed by atoms with Gasteiger partial charge in [0.25, 0.3) is 5.91 Å². The van der Waals surface area contributed by atoms with Crippen LogP contribution in [0.2, 0.25) is 0 Å². The molecule has 92 valence electrons. The van der Waals surface area contributed by atoms with Crippen molar-refractivity contribution in [2.75, 3.05) is 6.54 Å². The van der Waals surface area contributed by atoms with Gasteiger partial charge in [-0.3, -0.25) is 4.79 Å². The van der Waals surface area contributed by atoms with Crippen LogP contribution in [0, 0.1) is 0 Å². The minimum atomic E-state index is 0.0231. The molecular formula is C14H18ClNO. The Bertz CT molecular complexity index is 417. The number of carbonyl (C=O) groups excluding carboxylic acids is 1. The van der Waals surface area contributed by atoms with Crippen molar-refractivity contribution in [3.63, 3.8) is 0 Å². The number of hydrogen-bond donors (Lipinski definition) is 1. The van der Waals surface area contributed by atoms with Crippen molar-refractivity contribution >= 4 is 17.5 Å².